The summed E-state index contributed by atoms with van der Waals surface area (Å²) in [5.41, 5.74) is 2.08. The van der Waals surface area contributed by atoms with Crippen molar-refractivity contribution < 1.29 is 18.3 Å². The van der Waals surface area contributed by atoms with Crippen molar-refractivity contribution in [2.24, 2.45) is 0 Å². The molecule has 5 heteroatoms. The van der Waals surface area contributed by atoms with Crippen LogP contribution < -0.4 is 5.32 Å². The lowest BCUT2D eigenvalue weighted by molar-refractivity contribution is -0.0164. The fraction of sp³-hybridized carbons (Fsp3) is 0.526. The zero-order valence-corrected chi connectivity index (χ0v) is 14.5. The summed E-state index contributed by atoms with van der Waals surface area (Å²) in [6.45, 7) is 6.21. The Morgan fingerprint density at radius 2 is 2.17 bits per heavy atom. The van der Waals surface area contributed by atoms with E-state index < -0.39 is 17.9 Å². The van der Waals surface area contributed by atoms with E-state index in [1.807, 2.05) is 32.9 Å². The number of carbonyl (C=O) groups is 1. The quantitative estimate of drug-likeness (QED) is 0.773. The van der Waals surface area contributed by atoms with Crippen LogP contribution in [0, 0.1) is 0 Å². The van der Waals surface area contributed by atoms with Crippen molar-refractivity contribution in [3.05, 3.63) is 40.6 Å². The number of amides is 1. The van der Waals surface area contributed by atoms with Crippen molar-refractivity contribution in [1.82, 2.24) is 5.32 Å². The van der Waals surface area contributed by atoms with Gasteiger partial charge in [-0.25, -0.2) is 8.78 Å². The van der Waals surface area contributed by atoms with Crippen LogP contribution >= 0.6 is 0 Å². The number of carbonyl (C=O) groups excluding carboxylic acids is 1. The molecule has 1 aliphatic carbocycles. The molecule has 1 atom stereocenters. The number of hydrogen-bond acceptors (Lipinski definition) is 2. The largest absolute Gasteiger partial charge is 0.499 e. The zero-order chi connectivity index (χ0) is 17.7. The number of hydrogen-bond donors (Lipinski definition) is 1. The van der Waals surface area contributed by atoms with Crippen molar-refractivity contribution >= 4 is 12.0 Å². The van der Waals surface area contributed by atoms with E-state index in [4.69, 9.17) is 4.74 Å². The van der Waals surface area contributed by atoms with Gasteiger partial charge >= 0.3 is 0 Å². The second-order valence-corrected chi connectivity index (χ2v) is 6.14. The Kier molecular flexibility index (Phi) is 5.97. The van der Waals surface area contributed by atoms with Gasteiger partial charge in [-0.3, -0.25) is 4.79 Å². The Labute approximate surface area is 142 Å². The molecule has 0 spiro atoms. The van der Waals surface area contributed by atoms with E-state index in [0.717, 1.165) is 12.0 Å². The average Bonchev–Trinajstić information content (AvgIpc) is 2.86. The topological polar surface area (TPSA) is 38.3 Å². The molecule has 1 fully saturated rings. The first-order chi connectivity index (χ1) is 11.4. The molecule has 0 bridgehead atoms. The molecule has 0 radical (unpaired) electrons. The summed E-state index contributed by atoms with van der Waals surface area (Å²) >= 11 is 0. The Morgan fingerprint density at radius 3 is 2.75 bits per heavy atom. The standard InChI is InChI=1S/C19H25F2NO2/c1-4-14-8-9-15(11-13(3)24-5-2)16(12-14)18(23)22-17-7-6-10-19(17,20)21/h8-9,11-12,17H,4-7,10H2,1-3H3,(H,22,23). The van der Waals surface area contributed by atoms with Crippen molar-refractivity contribution in [3.8, 4) is 0 Å². The van der Waals surface area contributed by atoms with E-state index in [9.17, 15) is 13.6 Å². The molecule has 0 saturated heterocycles. The van der Waals surface area contributed by atoms with Crippen molar-refractivity contribution in [1.29, 1.82) is 0 Å². The van der Waals surface area contributed by atoms with Gasteiger partial charge in [0.05, 0.1) is 18.4 Å². The molecular weight excluding hydrogens is 312 g/mol. The molecule has 1 unspecified atom stereocenters. The molecule has 24 heavy (non-hydrogen) atoms. The van der Waals surface area contributed by atoms with Gasteiger partial charge in [-0.15, -0.1) is 0 Å². The Balaban J connectivity index is 2.29. The van der Waals surface area contributed by atoms with E-state index in [0.29, 0.717) is 36.3 Å². The summed E-state index contributed by atoms with van der Waals surface area (Å²) in [4.78, 5) is 12.6. The van der Waals surface area contributed by atoms with Crippen LogP contribution in [0.1, 0.15) is 61.5 Å². The molecule has 1 amide bonds. The number of benzene rings is 1. The van der Waals surface area contributed by atoms with Crippen molar-refractivity contribution in [2.75, 3.05) is 6.61 Å². The first-order valence-corrected chi connectivity index (χ1v) is 8.50. The fourth-order valence-corrected chi connectivity index (χ4v) is 2.98. The van der Waals surface area contributed by atoms with Gasteiger partial charge in [0, 0.05) is 12.0 Å². The van der Waals surface area contributed by atoms with E-state index in [2.05, 4.69) is 5.32 Å². The van der Waals surface area contributed by atoms with Gasteiger partial charge in [0.2, 0.25) is 0 Å². The number of halogens is 2. The minimum absolute atomic E-state index is 0.164. The Hall–Kier alpha value is -1.91. The third kappa shape index (κ3) is 4.34. The van der Waals surface area contributed by atoms with Crippen LogP contribution in [0.4, 0.5) is 8.78 Å². The summed E-state index contributed by atoms with van der Waals surface area (Å²) in [6, 6.07) is 4.46. The summed E-state index contributed by atoms with van der Waals surface area (Å²) in [5.74, 6) is -2.59. The maximum Gasteiger partial charge on any atom is 0.267 e. The third-order valence-electron chi connectivity index (χ3n) is 4.32. The summed E-state index contributed by atoms with van der Waals surface area (Å²) < 4.78 is 33.0. The van der Waals surface area contributed by atoms with Gasteiger partial charge < -0.3 is 10.1 Å². The monoisotopic (exact) mass is 337 g/mol. The van der Waals surface area contributed by atoms with Gasteiger partial charge in [0.1, 0.15) is 0 Å². The van der Waals surface area contributed by atoms with Crippen LogP contribution in [0.3, 0.4) is 0 Å². The average molecular weight is 337 g/mol. The van der Waals surface area contributed by atoms with Crippen molar-refractivity contribution in [2.45, 2.75) is 58.4 Å². The molecule has 3 nitrogen and oxygen atoms in total. The lowest BCUT2D eigenvalue weighted by Crippen LogP contribution is -2.44. The van der Waals surface area contributed by atoms with Crippen molar-refractivity contribution in [3.63, 3.8) is 0 Å². The number of nitrogens with one attached hydrogen (secondary N) is 1. The molecule has 1 aliphatic rings. The third-order valence-corrected chi connectivity index (χ3v) is 4.32. The summed E-state index contributed by atoms with van der Waals surface area (Å²) in [7, 11) is 0. The summed E-state index contributed by atoms with van der Waals surface area (Å²) in [5, 5.41) is 2.52. The predicted molar refractivity (Wildman–Crippen MR) is 91.1 cm³/mol. The SMILES string of the molecule is CCOC(C)=Cc1ccc(CC)cc1C(=O)NC1CCCC1(F)F. The first kappa shape index (κ1) is 18.4. The normalized spacial score (nSPS) is 20.0. The Morgan fingerprint density at radius 1 is 1.42 bits per heavy atom. The minimum atomic E-state index is -2.82. The van der Waals surface area contributed by atoms with Crippen LogP contribution in [-0.2, 0) is 11.2 Å². The molecule has 0 heterocycles. The lowest BCUT2D eigenvalue weighted by atomic mass is 10.0. The molecule has 2 rings (SSSR count). The molecule has 0 aromatic heterocycles. The predicted octanol–water partition coefficient (Wildman–Crippen LogP) is 4.56. The highest BCUT2D eigenvalue weighted by Crippen LogP contribution is 2.35. The Bertz CT molecular complexity index is 626. The number of ether oxygens (including phenoxy) is 1. The minimum Gasteiger partial charge on any atom is -0.499 e. The van der Waals surface area contributed by atoms with Gasteiger partial charge in [0.15, 0.2) is 0 Å². The van der Waals surface area contributed by atoms with Crippen LogP contribution in [0.15, 0.2) is 24.0 Å². The highest BCUT2D eigenvalue weighted by atomic mass is 19.3. The van der Waals surface area contributed by atoms with Crippen LogP contribution in [0.2, 0.25) is 0 Å². The molecule has 132 valence electrons. The molecule has 1 aromatic rings. The summed E-state index contributed by atoms with van der Waals surface area (Å²) in [6.07, 6.45) is 3.13. The fourth-order valence-electron chi connectivity index (χ4n) is 2.98. The van der Waals surface area contributed by atoms with Gasteiger partial charge in [-0.05, 0) is 56.4 Å². The maximum absolute atomic E-state index is 13.8. The van der Waals surface area contributed by atoms with E-state index >= 15 is 0 Å². The molecule has 1 N–H and O–H groups in total. The van der Waals surface area contributed by atoms with E-state index in [1.165, 1.54) is 0 Å². The van der Waals surface area contributed by atoms with Gasteiger partial charge in [0.25, 0.3) is 11.8 Å². The highest BCUT2D eigenvalue weighted by molar-refractivity contribution is 5.98. The number of rotatable bonds is 6. The second kappa shape index (κ2) is 7.77. The highest BCUT2D eigenvalue weighted by Gasteiger charge is 2.44. The number of aryl methyl sites for hydroxylation is 1. The van der Waals surface area contributed by atoms with Gasteiger partial charge in [-0.2, -0.15) is 0 Å². The maximum atomic E-state index is 13.8. The number of allylic oxidation sites excluding steroid dienone is 1. The zero-order valence-electron chi connectivity index (χ0n) is 14.5. The van der Waals surface area contributed by atoms with Crippen LogP contribution in [-0.4, -0.2) is 24.5 Å². The van der Waals surface area contributed by atoms with Gasteiger partial charge in [-0.1, -0.05) is 19.1 Å². The molecule has 0 aliphatic heterocycles. The number of alkyl halides is 2. The first-order valence-electron chi connectivity index (χ1n) is 8.50. The van der Waals surface area contributed by atoms with E-state index in [-0.39, 0.29) is 6.42 Å². The molecule has 1 aromatic carbocycles. The lowest BCUT2D eigenvalue weighted by Gasteiger charge is -2.21. The van der Waals surface area contributed by atoms with Crippen LogP contribution in [0.5, 0.6) is 0 Å². The van der Waals surface area contributed by atoms with E-state index in [1.54, 1.807) is 12.1 Å². The molecule has 1 saturated carbocycles. The van der Waals surface area contributed by atoms with Crippen LogP contribution in [0.25, 0.3) is 6.08 Å². The second-order valence-electron chi connectivity index (χ2n) is 6.14. The smallest absolute Gasteiger partial charge is 0.267 e. The molecular formula is C19H25F2NO2.